The molecule has 0 saturated carbocycles. The third-order valence-electron chi connectivity index (χ3n) is 1.61. The zero-order valence-corrected chi connectivity index (χ0v) is 6.77. The second kappa shape index (κ2) is 3.49. The van der Waals surface area contributed by atoms with Gasteiger partial charge in [-0.05, 0) is 17.7 Å². The van der Waals surface area contributed by atoms with Crippen molar-refractivity contribution in [3.05, 3.63) is 34.9 Å². The molecule has 3 nitrogen and oxygen atoms in total. The number of amidine groups is 1. The maximum absolute atomic E-state index is 13.0. The quantitative estimate of drug-likeness (QED) is 0.468. The van der Waals surface area contributed by atoms with Crippen molar-refractivity contribution in [1.29, 1.82) is 5.41 Å². The van der Waals surface area contributed by atoms with Gasteiger partial charge in [-0.25, -0.2) is 8.78 Å². The van der Waals surface area contributed by atoms with E-state index in [-0.39, 0.29) is 6.54 Å². The van der Waals surface area contributed by atoms with Gasteiger partial charge in [-0.15, -0.1) is 0 Å². The van der Waals surface area contributed by atoms with E-state index >= 15 is 0 Å². The summed E-state index contributed by atoms with van der Waals surface area (Å²) in [6.07, 6.45) is 0. The van der Waals surface area contributed by atoms with Gasteiger partial charge < -0.3 is 11.5 Å². The summed E-state index contributed by atoms with van der Waals surface area (Å²) in [5.41, 5.74) is 10.0. The first-order chi connectivity index (χ1) is 6.06. The van der Waals surface area contributed by atoms with E-state index in [0.717, 1.165) is 12.1 Å². The first-order valence-electron chi connectivity index (χ1n) is 3.58. The van der Waals surface area contributed by atoms with Crippen LogP contribution in [0.25, 0.3) is 0 Å². The molecule has 0 bridgehead atoms. The molecule has 0 amide bonds. The van der Waals surface area contributed by atoms with Gasteiger partial charge in [-0.3, -0.25) is 5.41 Å². The van der Waals surface area contributed by atoms with Crippen LogP contribution in [-0.4, -0.2) is 5.84 Å². The SMILES string of the molecule is N=C(N)c1c(F)cc(CN)cc1F. The van der Waals surface area contributed by atoms with Gasteiger partial charge in [-0.1, -0.05) is 0 Å². The molecule has 5 heteroatoms. The van der Waals surface area contributed by atoms with Crippen LogP contribution >= 0.6 is 0 Å². The van der Waals surface area contributed by atoms with E-state index in [4.69, 9.17) is 16.9 Å². The molecule has 13 heavy (non-hydrogen) atoms. The van der Waals surface area contributed by atoms with Crippen molar-refractivity contribution in [2.45, 2.75) is 6.54 Å². The number of rotatable bonds is 2. The zero-order chi connectivity index (χ0) is 10.0. The van der Waals surface area contributed by atoms with Gasteiger partial charge >= 0.3 is 0 Å². The fourth-order valence-electron chi connectivity index (χ4n) is 1.00. The molecular formula is C8H9F2N3. The lowest BCUT2D eigenvalue weighted by atomic mass is 10.1. The topological polar surface area (TPSA) is 75.9 Å². The first-order valence-corrected chi connectivity index (χ1v) is 3.58. The molecular weight excluding hydrogens is 176 g/mol. The van der Waals surface area contributed by atoms with Crippen LogP contribution in [0.4, 0.5) is 8.78 Å². The van der Waals surface area contributed by atoms with Crippen molar-refractivity contribution in [3.63, 3.8) is 0 Å². The highest BCUT2D eigenvalue weighted by Gasteiger charge is 2.12. The van der Waals surface area contributed by atoms with Gasteiger partial charge in [0.1, 0.15) is 17.5 Å². The molecule has 0 heterocycles. The van der Waals surface area contributed by atoms with Crippen molar-refractivity contribution in [2.75, 3.05) is 0 Å². The van der Waals surface area contributed by atoms with Crippen molar-refractivity contribution in [1.82, 2.24) is 0 Å². The fourth-order valence-corrected chi connectivity index (χ4v) is 1.00. The number of halogens is 2. The summed E-state index contributed by atoms with van der Waals surface area (Å²) in [7, 11) is 0. The fraction of sp³-hybridized carbons (Fsp3) is 0.125. The molecule has 0 aromatic heterocycles. The van der Waals surface area contributed by atoms with Gasteiger partial charge in [0.15, 0.2) is 0 Å². The number of hydrogen-bond acceptors (Lipinski definition) is 2. The predicted octanol–water partition coefficient (Wildman–Crippen LogP) is 0.708. The lowest BCUT2D eigenvalue weighted by Crippen LogP contribution is -2.16. The molecule has 1 aromatic carbocycles. The Morgan fingerprint density at radius 2 is 1.77 bits per heavy atom. The van der Waals surface area contributed by atoms with Crippen molar-refractivity contribution in [2.24, 2.45) is 11.5 Å². The van der Waals surface area contributed by atoms with Crippen molar-refractivity contribution < 1.29 is 8.78 Å². The smallest absolute Gasteiger partial charge is 0.137 e. The standard InChI is InChI=1S/C8H9F2N3/c9-5-1-4(3-11)2-6(10)7(5)8(12)13/h1-2H,3,11H2,(H3,12,13). The van der Waals surface area contributed by atoms with Gasteiger partial charge in [0, 0.05) is 6.54 Å². The van der Waals surface area contributed by atoms with Crippen LogP contribution in [0.3, 0.4) is 0 Å². The minimum atomic E-state index is -0.854. The molecule has 0 radical (unpaired) electrons. The molecule has 0 aliphatic carbocycles. The van der Waals surface area contributed by atoms with E-state index in [1.165, 1.54) is 0 Å². The van der Waals surface area contributed by atoms with Crippen LogP contribution in [0, 0.1) is 17.0 Å². The second-order valence-electron chi connectivity index (χ2n) is 2.55. The normalized spacial score (nSPS) is 10.1. The van der Waals surface area contributed by atoms with E-state index < -0.39 is 23.0 Å². The Hall–Kier alpha value is -1.49. The predicted molar refractivity (Wildman–Crippen MR) is 45.3 cm³/mol. The third-order valence-corrected chi connectivity index (χ3v) is 1.61. The van der Waals surface area contributed by atoms with Gasteiger partial charge in [-0.2, -0.15) is 0 Å². The minimum absolute atomic E-state index is 0.0476. The van der Waals surface area contributed by atoms with Crippen LogP contribution in [0.1, 0.15) is 11.1 Å². The van der Waals surface area contributed by atoms with Crippen molar-refractivity contribution in [3.8, 4) is 0 Å². The van der Waals surface area contributed by atoms with Crippen LogP contribution in [0.2, 0.25) is 0 Å². The lowest BCUT2D eigenvalue weighted by molar-refractivity contribution is 0.575. The summed E-state index contributed by atoms with van der Waals surface area (Å²) in [5, 5.41) is 6.91. The van der Waals surface area contributed by atoms with Gasteiger partial charge in [0.05, 0.1) is 5.56 Å². The number of nitrogens with two attached hydrogens (primary N) is 2. The highest BCUT2D eigenvalue weighted by Crippen LogP contribution is 2.14. The molecule has 0 aliphatic heterocycles. The Morgan fingerprint density at radius 1 is 1.31 bits per heavy atom. The molecule has 0 spiro atoms. The maximum atomic E-state index is 13.0. The molecule has 0 aliphatic rings. The van der Waals surface area contributed by atoms with E-state index in [9.17, 15) is 8.78 Å². The summed E-state index contributed by atoms with van der Waals surface area (Å²) >= 11 is 0. The van der Waals surface area contributed by atoms with Crippen LogP contribution in [-0.2, 0) is 6.54 Å². The second-order valence-corrected chi connectivity index (χ2v) is 2.55. The average Bonchev–Trinajstić information content (AvgIpc) is 2.02. The Bertz CT molecular complexity index is 326. The zero-order valence-electron chi connectivity index (χ0n) is 6.77. The van der Waals surface area contributed by atoms with Crippen LogP contribution < -0.4 is 11.5 Å². The van der Waals surface area contributed by atoms with Crippen LogP contribution in [0.5, 0.6) is 0 Å². The summed E-state index contributed by atoms with van der Waals surface area (Å²) < 4.78 is 26.1. The van der Waals surface area contributed by atoms with E-state index in [0.29, 0.717) is 5.56 Å². The number of benzene rings is 1. The van der Waals surface area contributed by atoms with Crippen molar-refractivity contribution >= 4 is 5.84 Å². The van der Waals surface area contributed by atoms with Gasteiger partial charge in [0.25, 0.3) is 0 Å². The Kier molecular flexibility index (Phi) is 2.57. The molecule has 0 saturated heterocycles. The highest BCUT2D eigenvalue weighted by atomic mass is 19.1. The molecule has 1 aromatic rings. The number of hydrogen-bond donors (Lipinski definition) is 3. The Labute approximate surface area is 73.9 Å². The average molecular weight is 185 g/mol. The summed E-state index contributed by atoms with van der Waals surface area (Å²) in [5.74, 6) is -2.33. The van der Waals surface area contributed by atoms with E-state index in [1.54, 1.807) is 0 Å². The van der Waals surface area contributed by atoms with E-state index in [2.05, 4.69) is 0 Å². The van der Waals surface area contributed by atoms with Crippen LogP contribution in [0.15, 0.2) is 12.1 Å². The number of nitrogens with one attached hydrogen (secondary N) is 1. The van der Waals surface area contributed by atoms with Gasteiger partial charge in [0.2, 0.25) is 0 Å². The summed E-state index contributed by atoms with van der Waals surface area (Å²) in [4.78, 5) is 0. The maximum Gasteiger partial charge on any atom is 0.137 e. The molecule has 70 valence electrons. The molecule has 0 unspecified atom stereocenters. The molecule has 5 N–H and O–H groups in total. The Morgan fingerprint density at radius 3 is 2.08 bits per heavy atom. The molecule has 1 rings (SSSR count). The first kappa shape index (κ1) is 9.60. The Balaban J connectivity index is 3.31. The minimum Gasteiger partial charge on any atom is -0.384 e. The highest BCUT2D eigenvalue weighted by molar-refractivity contribution is 5.95. The molecule has 0 atom stereocenters. The summed E-state index contributed by atoms with van der Waals surface area (Å²) in [6.45, 7) is 0.0476. The third kappa shape index (κ3) is 1.81. The lowest BCUT2D eigenvalue weighted by Gasteiger charge is -2.04. The molecule has 0 fully saturated rings. The monoisotopic (exact) mass is 185 g/mol. The number of nitrogen functional groups attached to an aromatic ring is 1. The van der Waals surface area contributed by atoms with E-state index in [1.807, 2.05) is 0 Å². The summed E-state index contributed by atoms with van der Waals surface area (Å²) in [6, 6.07) is 2.14. The largest absolute Gasteiger partial charge is 0.384 e.